The molecular weight excluding hydrogens is 248 g/mol. The van der Waals surface area contributed by atoms with Crippen molar-refractivity contribution in [1.82, 2.24) is 4.98 Å². The van der Waals surface area contributed by atoms with Crippen LogP contribution in [-0.2, 0) is 11.2 Å². The van der Waals surface area contributed by atoms with Gasteiger partial charge in [0.25, 0.3) is 5.91 Å². The van der Waals surface area contributed by atoms with E-state index in [1.807, 2.05) is 30.0 Å². The van der Waals surface area contributed by atoms with E-state index in [1.165, 1.54) is 11.1 Å². The first kappa shape index (κ1) is 12.6. The van der Waals surface area contributed by atoms with Gasteiger partial charge in [0.1, 0.15) is 0 Å². The van der Waals surface area contributed by atoms with Crippen molar-refractivity contribution >= 4 is 17.7 Å². The van der Waals surface area contributed by atoms with Gasteiger partial charge in [0.2, 0.25) is 0 Å². The van der Waals surface area contributed by atoms with Gasteiger partial charge in [0, 0.05) is 30.7 Å². The minimum Gasteiger partial charge on any atom is -0.308 e. The van der Waals surface area contributed by atoms with Crippen LogP contribution in [0.25, 0.3) is 6.08 Å². The second-order valence-corrected chi connectivity index (χ2v) is 4.99. The van der Waals surface area contributed by atoms with Gasteiger partial charge in [0.15, 0.2) is 0 Å². The normalized spacial score (nSPS) is 13.8. The van der Waals surface area contributed by atoms with Crippen molar-refractivity contribution in [3.05, 3.63) is 65.5 Å². The smallest absolute Gasteiger partial charge is 0.251 e. The number of carbonyl (C=O) groups excluding carboxylic acids is 1. The fourth-order valence-corrected chi connectivity index (χ4v) is 2.45. The number of hydrogen-bond acceptors (Lipinski definition) is 2. The molecule has 0 aliphatic carbocycles. The molecule has 0 fully saturated rings. The summed E-state index contributed by atoms with van der Waals surface area (Å²) in [6.07, 6.45) is 7.82. The average Bonchev–Trinajstić information content (AvgIpc) is 2.89. The van der Waals surface area contributed by atoms with Gasteiger partial charge < -0.3 is 4.90 Å². The zero-order valence-corrected chi connectivity index (χ0v) is 11.4. The van der Waals surface area contributed by atoms with Crippen LogP contribution in [0.5, 0.6) is 0 Å². The van der Waals surface area contributed by atoms with Gasteiger partial charge in [-0.2, -0.15) is 0 Å². The summed E-state index contributed by atoms with van der Waals surface area (Å²) in [5.41, 5.74) is 4.41. The number of aryl methyl sites for hydroxylation is 1. The van der Waals surface area contributed by atoms with Crippen LogP contribution in [0.4, 0.5) is 5.69 Å². The second kappa shape index (κ2) is 5.29. The van der Waals surface area contributed by atoms with Crippen molar-refractivity contribution in [3.8, 4) is 0 Å². The monoisotopic (exact) mass is 264 g/mol. The number of fused-ring (bicyclic) bond motifs is 1. The lowest BCUT2D eigenvalue weighted by Crippen LogP contribution is -2.26. The summed E-state index contributed by atoms with van der Waals surface area (Å²) < 4.78 is 0. The summed E-state index contributed by atoms with van der Waals surface area (Å²) in [5, 5.41) is 0. The Balaban J connectivity index is 1.80. The molecule has 1 aliphatic heterocycles. The highest BCUT2D eigenvalue weighted by molar-refractivity contribution is 6.05. The average molecular weight is 264 g/mol. The van der Waals surface area contributed by atoms with E-state index in [2.05, 4.69) is 23.2 Å². The third-order valence-electron chi connectivity index (χ3n) is 3.51. The van der Waals surface area contributed by atoms with Crippen LogP contribution < -0.4 is 4.90 Å². The summed E-state index contributed by atoms with van der Waals surface area (Å²) in [6.45, 7) is 2.81. The third kappa shape index (κ3) is 2.48. The molecule has 1 aromatic carbocycles. The highest BCUT2D eigenvalue weighted by atomic mass is 16.2. The molecule has 1 amide bonds. The van der Waals surface area contributed by atoms with E-state index < -0.39 is 0 Å². The van der Waals surface area contributed by atoms with E-state index in [0.717, 1.165) is 24.2 Å². The highest BCUT2D eigenvalue weighted by Crippen LogP contribution is 2.29. The Bertz CT molecular complexity index is 662. The summed E-state index contributed by atoms with van der Waals surface area (Å²) in [6, 6.07) is 10.1. The minimum absolute atomic E-state index is 0.0261. The number of carbonyl (C=O) groups is 1. The number of anilines is 1. The largest absolute Gasteiger partial charge is 0.308 e. The van der Waals surface area contributed by atoms with Crippen molar-refractivity contribution in [2.75, 3.05) is 11.4 Å². The maximum absolute atomic E-state index is 12.3. The van der Waals surface area contributed by atoms with Crippen LogP contribution in [0.15, 0.2) is 48.8 Å². The molecular formula is C17H16N2O. The zero-order valence-electron chi connectivity index (χ0n) is 11.4. The van der Waals surface area contributed by atoms with Crippen molar-refractivity contribution in [1.29, 1.82) is 0 Å². The van der Waals surface area contributed by atoms with Gasteiger partial charge in [-0.1, -0.05) is 18.2 Å². The number of benzene rings is 1. The molecule has 100 valence electrons. The van der Waals surface area contributed by atoms with Crippen molar-refractivity contribution in [2.24, 2.45) is 0 Å². The first-order valence-electron chi connectivity index (χ1n) is 6.73. The molecule has 0 radical (unpaired) electrons. The molecule has 0 atom stereocenters. The van der Waals surface area contributed by atoms with Gasteiger partial charge >= 0.3 is 0 Å². The molecule has 20 heavy (non-hydrogen) atoms. The van der Waals surface area contributed by atoms with E-state index in [-0.39, 0.29) is 5.91 Å². The van der Waals surface area contributed by atoms with E-state index >= 15 is 0 Å². The summed E-state index contributed by atoms with van der Waals surface area (Å²) >= 11 is 0. The Morgan fingerprint density at radius 1 is 1.35 bits per heavy atom. The molecule has 2 aromatic rings. The lowest BCUT2D eigenvalue weighted by Gasteiger charge is -2.15. The predicted molar refractivity (Wildman–Crippen MR) is 80.5 cm³/mol. The summed E-state index contributed by atoms with van der Waals surface area (Å²) in [7, 11) is 0. The van der Waals surface area contributed by atoms with Crippen LogP contribution >= 0.6 is 0 Å². The molecule has 0 N–H and O–H groups in total. The number of aromatic nitrogens is 1. The highest BCUT2D eigenvalue weighted by Gasteiger charge is 2.22. The molecule has 3 nitrogen and oxygen atoms in total. The fraction of sp³-hybridized carbons (Fsp3) is 0.176. The Labute approximate surface area is 118 Å². The van der Waals surface area contributed by atoms with Crippen LogP contribution in [0.3, 0.4) is 0 Å². The van der Waals surface area contributed by atoms with Gasteiger partial charge in [-0.3, -0.25) is 9.78 Å². The standard InChI is InChI=1S/C17H16N2O/c1-13-4-6-15-8-10-19(16(15)11-13)17(20)7-5-14-3-2-9-18-12-14/h2-7,9,11-12H,8,10H2,1H3. The van der Waals surface area contributed by atoms with Crippen LogP contribution in [0.1, 0.15) is 16.7 Å². The minimum atomic E-state index is 0.0261. The molecule has 1 aromatic heterocycles. The van der Waals surface area contributed by atoms with E-state index in [9.17, 15) is 4.79 Å². The predicted octanol–water partition coefficient (Wildman–Crippen LogP) is 2.99. The maximum atomic E-state index is 12.3. The molecule has 3 heteroatoms. The van der Waals surface area contributed by atoms with E-state index in [1.54, 1.807) is 18.5 Å². The van der Waals surface area contributed by atoms with Crippen molar-refractivity contribution in [3.63, 3.8) is 0 Å². The molecule has 0 unspecified atom stereocenters. The first-order valence-corrected chi connectivity index (χ1v) is 6.73. The summed E-state index contributed by atoms with van der Waals surface area (Å²) in [4.78, 5) is 18.2. The molecule has 1 aliphatic rings. The second-order valence-electron chi connectivity index (χ2n) is 4.99. The van der Waals surface area contributed by atoms with Crippen LogP contribution in [0, 0.1) is 6.92 Å². The lowest BCUT2D eigenvalue weighted by molar-refractivity contribution is -0.114. The Hall–Kier alpha value is -2.42. The van der Waals surface area contributed by atoms with Gasteiger partial charge in [-0.25, -0.2) is 0 Å². The zero-order chi connectivity index (χ0) is 13.9. The topological polar surface area (TPSA) is 33.2 Å². The Kier molecular flexibility index (Phi) is 3.33. The molecule has 2 heterocycles. The molecule has 0 spiro atoms. The van der Waals surface area contributed by atoms with Crippen LogP contribution in [-0.4, -0.2) is 17.4 Å². The number of rotatable bonds is 2. The maximum Gasteiger partial charge on any atom is 0.251 e. The quantitative estimate of drug-likeness (QED) is 0.781. The lowest BCUT2D eigenvalue weighted by atomic mass is 10.1. The first-order chi connectivity index (χ1) is 9.74. The van der Waals surface area contributed by atoms with E-state index in [0.29, 0.717) is 0 Å². The fourth-order valence-electron chi connectivity index (χ4n) is 2.45. The van der Waals surface area contributed by atoms with Crippen molar-refractivity contribution < 1.29 is 4.79 Å². The number of pyridine rings is 1. The molecule has 0 saturated heterocycles. The molecule has 0 bridgehead atoms. The molecule has 3 rings (SSSR count). The number of nitrogens with zero attached hydrogens (tertiary/aromatic N) is 2. The number of hydrogen-bond donors (Lipinski definition) is 0. The Morgan fingerprint density at radius 3 is 3.05 bits per heavy atom. The number of amides is 1. The van der Waals surface area contributed by atoms with Gasteiger partial charge in [-0.15, -0.1) is 0 Å². The molecule has 0 saturated carbocycles. The van der Waals surface area contributed by atoms with Gasteiger partial charge in [-0.05, 0) is 48.2 Å². The van der Waals surface area contributed by atoms with Crippen molar-refractivity contribution in [2.45, 2.75) is 13.3 Å². The summed E-state index contributed by atoms with van der Waals surface area (Å²) in [5.74, 6) is 0.0261. The third-order valence-corrected chi connectivity index (χ3v) is 3.51. The SMILES string of the molecule is Cc1ccc2c(c1)N(C(=O)C=Cc1cccnc1)CC2. The van der Waals surface area contributed by atoms with Crippen LogP contribution in [0.2, 0.25) is 0 Å². The Morgan fingerprint density at radius 2 is 2.25 bits per heavy atom. The van der Waals surface area contributed by atoms with E-state index in [4.69, 9.17) is 0 Å². The van der Waals surface area contributed by atoms with Gasteiger partial charge in [0.05, 0.1) is 0 Å².